The van der Waals surface area contributed by atoms with Gasteiger partial charge in [-0.2, -0.15) is 0 Å². The second-order valence-electron chi connectivity index (χ2n) is 24.2. The molecule has 20 nitrogen and oxygen atoms in total. The summed E-state index contributed by atoms with van der Waals surface area (Å²) in [5.74, 6) is -0.939. The monoisotopic (exact) mass is 1080 g/mol. The van der Waals surface area contributed by atoms with Gasteiger partial charge < -0.3 is 91.5 Å². The van der Waals surface area contributed by atoms with Gasteiger partial charge in [0.15, 0.2) is 31.5 Å². The van der Waals surface area contributed by atoms with Crippen LogP contribution in [0, 0.1) is 22.7 Å². The van der Waals surface area contributed by atoms with Gasteiger partial charge in [0.1, 0.15) is 47.5 Å². The van der Waals surface area contributed by atoms with E-state index in [0.29, 0.717) is 64.2 Å². The van der Waals surface area contributed by atoms with E-state index in [1.165, 1.54) is 12.5 Å². The summed E-state index contributed by atoms with van der Waals surface area (Å²) in [6, 6.07) is 0. The molecule has 28 unspecified atom stereocenters. The summed E-state index contributed by atoms with van der Waals surface area (Å²) in [7, 11) is 8.18. The molecular formula is C56H92O20. The molecule has 0 amide bonds. The van der Waals surface area contributed by atoms with Gasteiger partial charge in [-0.05, 0) is 91.9 Å². The molecule has 76 heavy (non-hydrogen) atoms. The minimum atomic E-state index is -1.59. The zero-order valence-corrected chi connectivity index (χ0v) is 47.2. The number of Topliss-reactive ketones (excluding diaryl/α,β-unsaturated/α-hetero) is 1. The van der Waals surface area contributed by atoms with Crippen LogP contribution in [0.1, 0.15) is 132 Å². The van der Waals surface area contributed by atoms with Crippen molar-refractivity contribution in [2.75, 3.05) is 35.5 Å². The lowest BCUT2D eigenvalue weighted by atomic mass is 9.43. The topological polar surface area (TPSA) is 236 Å². The number of aliphatic hydroxyl groups excluding tert-OH is 2. The first-order valence-electron chi connectivity index (χ1n) is 28.2. The highest BCUT2D eigenvalue weighted by molar-refractivity contribution is 5.80. The minimum Gasteiger partial charge on any atom is -0.392 e. The quantitative estimate of drug-likeness (QED) is 0.157. The van der Waals surface area contributed by atoms with Gasteiger partial charge in [0, 0.05) is 84.9 Å². The predicted octanol–water partition coefficient (Wildman–Crippen LogP) is 4.39. The molecule has 3 saturated carbocycles. The molecular weight excluding hydrogens is 993 g/mol. The lowest BCUT2D eigenvalue weighted by molar-refractivity contribution is -0.352. The van der Waals surface area contributed by atoms with Crippen molar-refractivity contribution < 1.29 is 96.3 Å². The van der Waals surface area contributed by atoms with Gasteiger partial charge in [-0.1, -0.05) is 25.5 Å². The molecule has 0 spiro atoms. The van der Waals surface area contributed by atoms with Gasteiger partial charge in [0.25, 0.3) is 0 Å². The maximum absolute atomic E-state index is 12.8. The fourth-order valence-corrected chi connectivity index (χ4v) is 15.7. The van der Waals surface area contributed by atoms with Gasteiger partial charge >= 0.3 is 0 Å². The summed E-state index contributed by atoms with van der Waals surface area (Å²) in [6.45, 7) is 15.0. The highest BCUT2D eigenvalue weighted by Gasteiger charge is 2.76. The van der Waals surface area contributed by atoms with Crippen LogP contribution in [-0.2, 0) is 75.8 Å². The number of ketones is 1. The first kappa shape index (κ1) is 59.3. The van der Waals surface area contributed by atoms with Crippen molar-refractivity contribution in [3.8, 4) is 0 Å². The molecule has 436 valence electrons. The highest BCUT2D eigenvalue weighted by Crippen LogP contribution is 2.69. The van der Waals surface area contributed by atoms with Crippen LogP contribution in [0.4, 0.5) is 0 Å². The van der Waals surface area contributed by atoms with Crippen molar-refractivity contribution in [2.24, 2.45) is 22.7 Å². The summed E-state index contributed by atoms with van der Waals surface area (Å²) in [6.07, 6.45) is -3.48. The van der Waals surface area contributed by atoms with E-state index in [1.807, 2.05) is 27.7 Å². The van der Waals surface area contributed by atoms with Gasteiger partial charge in [0.2, 0.25) is 0 Å². The normalized spacial score (nSPS) is 52.8. The molecule has 9 aliphatic rings. The molecule has 9 rings (SSSR count). The third kappa shape index (κ3) is 10.7. The second-order valence-corrected chi connectivity index (χ2v) is 24.2. The Kier molecular flexibility index (Phi) is 18.3. The fraction of sp³-hybridized carbons (Fsp3) is 0.946. The lowest BCUT2D eigenvalue weighted by Gasteiger charge is -2.66. The standard InChI is InChI=1S/C56H92O20/c1-27(57)35-16-19-56(61)54(35,8)42(58)26-41-53(7)17-15-34(20-33(53)14-18-55(41,56)60)72-43-22-37(63-10)49(29(3)68-43)74-45-24-39(65-12)51(31(5)70-45)76-47-25-40(66-13)52(32(6)71-47)75-46-23-38(64-11)50(30(4)69-46)73-44-21-36(62-9)48(59)28(2)67-44/h14,28-32,34-52,58-61H,15-26H2,1-13H3. The number of rotatable bonds is 16. The van der Waals surface area contributed by atoms with Crippen LogP contribution in [0.25, 0.3) is 0 Å². The molecule has 5 saturated heterocycles. The van der Waals surface area contributed by atoms with Crippen LogP contribution in [0.5, 0.6) is 0 Å². The number of hydrogen-bond acceptors (Lipinski definition) is 20. The summed E-state index contributed by atoms with van der Waals surface area (Å²) in [4.78, 5) is 12.8. The van der Waals surface area contributed by atoms with Crippen LogP contribution in [0.3, 0.4) is 0 Å². The van der Waals surface area contributed by atoms with Crippen molar-refractivity contribution in [3.05, 3.63) is 11.6 Å². The number of carbonyl (C=O) groups is 1. The van der Waals surface area contributed by atoms with Crippen LogP contribution < -0.4 is 0 Å². The molecule has 0 bridgehead atoms. The Labute approximate surface area is 449 Å². The number of methoxy groups -OCH3 is 5. The van der Waals surface area contributed by atoms with Crippen molar-refractivity contribution in [1.82, 2.24) is 0 Å². The Morgan fingerprint density at radius 2 is 0.947 bits per heavy atom. The summed E-state index contributed by atoms with van der Waals surface area (Å²) < 4.78 is 94.6. The Hall–Kier alpha value is -1.35. The van der Waals surface area contributed by atoms with Gasteiger partial charge in [0.05, 0.1) is 73.2 Å². The third-order valence-electron chi connectivity index (χ3n) is 20.2. The van der Waals surface area contributed by atoms with Crippen molar-refractivity contribution >= 4 is 5.78 Å². The molecule has 0 aromatic rings. The van der Waals surface area contributed by atoms with Crippen LogP contribution in [-0.4, -0.2) is 208 Å². The Morgan fingerprint density at radius 1 is 0.553 bits per heavy atom. The van der Waals surface area contributed by atoms with E-state index in [1.54, 1.807) is 49.4 Å². The molecule has 8 fully saturated rings. The van der Waals surface area contributed by atoms with Gasteiger partial charge in [-0.15, -0.1) is 0 Å². The smallest absolute Gasteiger partial charge is 0.161 e. The highest BCUT2D eigenvalue weighted by atomic mass is 16.8. The lowest BCUT2D eigenvalue weighted by Crippen LogP contribution is -2.75. The molecule has 0 aromatic heterocycles. The first-order valence-corrected chi connectivity index (χ1v) is 28.2. The summed E-state index contributed by atoms with van der Waals surface area (Å²) in [5.41, 5.74) is -3.47. The number of hydrogen-bond donors (Lipinski definition) is 4. The number of carbonyl (C=O) groups excluding carboxylic acids is 1. The Bertz CT molecular complexity index is 2000. The van der Waals surface area contributed by atoms with E-state index in [-0.39, 0.29) is 42.9 Å². The van der Waals surface area contributed by atoms with E-state index in [2.05, 4.69) is 13.0 Å². The predicted molar refractivity (Wildman–Crippen MR) is 269 cm³/mol. The largest absolute Gasteiger partial charge is 0.392 e. The maximum atomic E-state index is 12.8. The van der Waals surface area contributed by atoms with Crippen molar-refractivity contribution in [1.29, 1.82) is 0 Å². The van der Waals surface area contributed by atoms with Crippen LogP contribution in [0.2, 0.25) is 0 Å². The minimum absolute atomic E-state index is 0.0545. The second kappa shape index (κ2) is 23.5. The van der Waals surface area contributed by atoms with Crippen molar-refractivity contribution in [2.45, 2.75) is 279 Å². The van der Waals surface area contributed by atoms with Crippen molar-refractivity contribution in [3.63, 3.8) is 0 Å². The van der Waals surface area contributed by atoms with E-state index < -0.39 is 145 Å². The average molecular weight is 1090 g/mol. The third-order valence-corrected chi connectivity index (χ3v) is 20.2. The Morgan fingerprint density at radius 3 is 1.36 bits per heavy atom. The van der Waals surface area contributed by atoms with E-state index >= 15 is 0 Å². The van der Waals surface area contributed by atoms with E-state index in [9.17, 15) is 25.2 Å². The molecule has 4 N–H and O–H groups in total. The Balaban J connectivity index is 0.754. The zero-order chi connectivity index (χ0) is 54.8. The number of ether oxygens (including phenoxy) is 15. The zero-order valence-electron chi connectivity index (χ0n) is 47.2. The SMILES string of the molecule is COC1CC(OC2C(C)OC(OC3C(C)OC(OC4C(C)OC(OC5C(C)OC(OC6CCC7(C)C(=CCC8(O)C7CC(O)C7(C)C(C(C)=O)CCC87O)C6)CC5OC)CC4OC)CC3OC)CC2OC)OC(C)C1O. The van der Waals surface area contributed by atoms with Gasteiger partial charge in [-0.25, -0.2) is 0 Å². The summed E-state index contributed by atoms with van der Waals surface area (Å²) in [5, 5.41) is 47.2. The molecule has 5 heterocycles. The van der Waals surface area contributed by atoms with Gasteiger partial charge in [-0.3, -0.25) is 4.79 Å². The molecule has 20 heteroatoms. The van der Waals surface area contributed by atoms with Crippen LogP contribution in [0.15, 0.2) is 11.6 Å². The molecule has 5 aliphatic heterocycles. The first-order chi connectivity index (χ1) is 36.0. The summed E-state index contributed by atoms with van der Waals surface area (Å²) >= 11 is 0. The number of aliphatic hydroxyl groups is 4. The molecule has 0 aromatic carbocycles. The fourth-order valence-electron chi connectivity index (χ4n) is 15.7. The van der Waals surface area contributed by atoms with E-state index in [4.69, 9.17) is 71.1 Å². The molecule has 0 radical (unpaired) electrons. The van der Waals surface area contributed by atoms with Crippen LogP contribution >= 0.6 is 0 Å². The van der Waals surface area contributed by atoms with E-state index in [0.717, 1.165) is 0 Å². The number of fused-ring (bicyclic) bond motifs is 5. The molecule has 4 aliphatic carbocycles. The maximum Gasteiger partial charge on any atom is 0.161 e. The molecule has 28 atom stereocenters. The average Bonchev–Trinajstić information content (AvgIpc) is 3.71.